The molecule has 8 amide bonds. The molecule has 0 aromatic heterocycles. The number of hydrogen-bond acceptors (Lipinski definition) is 19. The van der Waals surface area contributed by atoms with Gasteiger partial charge < -0.3 is 34.6 Å². The number of benzene rings is 1. The van der Waals surface area contributed by atoms with Crippen LogP contribution >= 0.6 is 0 Å². The molecule has 0 unspecified atom stereocenters. The molecule has 13 fully saturated rings. The first-order valence-corrected chi connectivity index (χ1v) is 33.9. The number of fused-ring (bicyclic) bond motifs is 15. The van der Waals surface area contributed by atoms with E-state index in [1.165, 1.54) is 38.2 Å². The lowest BCUT2D eigenvalue weighted by Gasteiger charge is -2.40. The lowest BCUT2D eigenvalue weighted by Crippen LogP contribution is -2.48. The van der Waals surface area contributed by atoms with Crippen molar-refractivity contribution in [2.75, 3.05) is 6.54 Å². The first-order chi connectivity index (χ1) is 44.7. The first-order valence-electron chi connectivity index (χ1n) is 33.9. The fourth-order valence-corrected chi connectivity index (χ4v) is 19.5. The Kier molecular flexibility index (Phi) is 15.7. The standard InChI is InChI=1S/C20H19NO5.C18H21NO5.C18H23NO4.C14H15NO5/c1-9(10-5-3-2-4-6-10)21-19(24)12-8-7-11-13(14(12)20(21)25)16(23)18-17(26-18)15(11)22;20-13-9-6-7-10-12(11(9)14(21)16-15(13)24-16)18(23)19(17(10)22)8-4-2-1-3-5-8;20-13-8-9-14(21)15-11(13)6-7-12-16(15)18(23)19(17(12)22)10-4-2-1-3-5-10;1-2-15-13(18)6-4-3-5-7(8(6)14(15)19)10(17)12-11(20-12)9(5)16/h2-7,9,12-14,16-18,23H,8H2,1H3;6,8,10-12,14-16,21H,1-5,7H2;8-12,14-16,21H,1-7H2;3,6-8,10-12,17H,2,4H2,1H3/t9-,12-,13+,14-,16+,17-,18+;10-,11+,12-,14+,15-,16+;11-,12+,14+,15+,16+;6-,7+,8-,10+,11-,12+/m1101/s1. The molecule has 1 aromatic carbocycles. The Hall–Kier alpha value is -6.86. The monoisotopic (exact) mass is 1280 g/mol. The Morgan fingerprint density at radius 1 is 0.452 bits per heavy atom. The fraction of sp³-hybridized carbons (Fsp3) is 0.629. The van der Waals surface area contributed by atoms with E-state index in [4.69, 9.17) is 14.2 Å². The molecule has 18 rings (SSSR count). The third-order valence-electron chi connectivity index (χ3n) is 24.2. The Morgan fingerprint density at radius 3 is 1.35 bits per heavy atom. The molecule has 7 aliphatic heterocycles. The highest BCUT2D eigenvalue weighted by Gasteiger charge is 2.69. The van der Waals surface area contributed by atoms with E-state index in [0.29, 0.717) is 55.4 Å². The van der Waals surface area contributed by atoms with Crippen LogP contribution in [0.25, 0.3) is 0 Å². The second-order valence-electron chi connectivity index (χ2n) is 28.7. The van der Waals surface area contributed by atoms with Crippen LogP contribution in [0.1, 0.15) is 122 Å². The van der Waals surface area contributed by atoms with Crippen molar-refractivity contribution in [2.45, 2.75) is 189 Å². The summed E-state index contributed by atoms with van der Waals surface area (Å²) >= 11 is 0. The number of carbonyl (C=O) groups is 12. The largest absolute Gasteiger partial charge is 0.390 e. The molecule has 6 saturated carbocycles. The molecule has 10 aliphatic carbocycles. The summed E-state index contributed by atoms with van der Waals surface area (Å²) in [7, 11) is 0. The van der Waals surface area contributed by atoms with E-state index < -0.39 is 126 Å². The molecule has 492 valence electrons. The summed E-state index contributed by atoms with van der Waals surface area (Å²) in [6, 6.07) is 9.04. The third kappa shape index (κ3) is 9.71. The zero-order chi connectivity index (χ0) is 65.1. The van der Waals surface area contributed by atoms with E-state index in [1.54, 1.807) is 25.2 Å². The molecule has 7 saturated heterocycles. The van der Waals surface area contributed by atoms with E-state index in [9.17, 15) is 78.0 Å². The number of allylic oxidation sites excluding steroid dienone is 4. The van der Waals surface area contributed by atoms with Crippen LogP contribution < -0.4 is 0 Å². The summed E-state index contributed by atoms with van der Waals surface area (Å²) in [5.41, 5.74) is 2.34. The number of hydrogen-bond donors (Lipinski definition) is 4. The summed E-state index contributed by atoms with van der Waals surface area (Å²) in [4.78, 5) is 157. The van der Waals surface area contributed by atoms with Gasteiger partial charge in [0.1, 0.15) is 36.6 Å². The number of epoxide rings is 3. The molecule has 23 nitrogen and oxygen atoms in total. The van der Waals surface area contributed by atoms with Gasteiger partial charge in [0.25, 0.3) is 0 Å². The lowest BCUT2D eigenvalue weighted by atomic mass is 9.62. The van der Waals surface area contributed by atoms with Crippen molar-refractivity contribution in [3.8, 4) is 0 Å². The van der Waals surface area contributed by atoms with Gasteiger partial charge in [-0.05, 0) is 83.3 Å². The van der Waals surface area contributed by atoms with Crippen LogP contribution in [0.5, 0.6) is 0 Å². The molecule has 17 aliphatic rings. The second kappa shape index (κ2) is 23.5. The van der Waals surface area contributed by atoms with Crippen molar-refractivity contribution >= 4 is 70.4 Å². The maximum absolute atomic E-state index is 13.2. The average molecular weight is 1280 g/mol. The molecular formula is C70H78N4O19. The van der Waals surface area contributed by atoms with Crippen LogP contribution in [-0.4, -0.2) is 190 Å². The van der Waals surface area contributed by atoms with Gasteiger partial charge in [0.05, 0.1) is 77.8 Å². The first kappa shape index (κ1) is 62.3. The zero-order valence-electron chi connectivity index (χ0n) is 51.8. The third-order valence-corrected chi connectivity index (χ3v) is 24.2. The number of nitrogens with zero attached hydrogens (tertiary/aromatic N) is 4. The van der Waals surface area contributed by atoms with Gasteiger partial charge >= 0.3 is 0 Å². The molecule has 1 aromatic rings. The molecule has 0 bridgehead atoms. The number of imide groups is 4. The Morgan fingerprint density at radius 2 is 0.871 bits per heavy atom. The number of amides is 8. The van der Waals surface area contributed by atoms with E-state index in [1.807, 2.05) is 37.3 Å². The van der Waals surface area contributed by atoms with Gasteiger partial charge in [-0.2, -0.15) is 0 Å². The quantitative estimate of drug-likeness (QED) is 0.243. The smallest absolute Gasteiger partial charge is 0.234 e. The van der Waals surface area contributed by atoms with Crippen molar-refractivity contribution < 1.29 is 92.2 Å². The zero-order valence-corrected chi connectivity index (χ0v) is 51.8. The van der Waals surface area contributed by atoms with Gasteiger partial charge in [0.15, 0.2) is 23.1 Å². The number of aliphatic hydroxyl groups is 4. The minimum atomic E-state index is -0.916. The highest BCUT2D eigenvalue weighted by molar-refractivity contribution is 6.12. The number of Topliss-reactive ketones (excluding diaryl/α,β-unsaturated/α-hetero) is 3. The van der Waals surface area contributed by atoms with Crippen LogP contribution in [0.15, 0.2) is 77.4 Å². The number of rotatable bonds is 5. The van der Waals surface area contributed by atoms with Gasteiger partial charge in [0.2, 0.25) is 47.3 Å². The highest BCUT2D eigenvalue weighted by atomic mass is 16.6. The van der Waals surface area contributed by atoms with Crippen molar-refractivity contribution in [3.05, 3.63) is 83.0 Å². The minimum absolute atomic E-state index is 0.00452. The highest BCUT2D eigenvalue weighted by Crippen LogP contribution is 2.56. The summed E-state index contributed by atoms with van der Waals surface area (Å²) in [5.74, 6) is -8.44. The van der Waals surface area contributed by atoms with E-state index in [-0.39, 0.29) is 100 Å². The SMILES string of the molecule is CCN1C(=O)[C@H]2[C@@H]3C(=CC[C@H]2C1=O)C(=O)[C@H]1O[C@H]1[C@H]3O.C[C@H](c1ccccc1)N1C(=O)[C@H]2[C@@H]3C(=CC[C@H]2C1=O)C(=O)[C@H]1O[C@H]1[C@H]3O.O=C1C2=CC[C@H]3C(=O)N(C4CCCCC4)C(=O)[C@H]3[C@H]2[C@H](O)[C@@H]2O[C@H]12.O=C1C=C[C@@H](O)[C@@H]2[C@@H]3C(=O)N(C4CCCCC4)C(=O)[C@@H]3CC[C@@H]12. The van der Waals surface area contributed by atoms with Gasteiger partial charge in [0, 0.05) is 64.9 Å². The Labute approximate surface area is 535 Å². The molecular weight excluding hydrogens is 1200 g/mol. The van der Waals surface area contributed by atoms with Crippen molar-refractivity contribution in [1.29, 1.82) is 0 Å². The molecule has 93 heavy (non-hydrogen) atoms. The number of carbonyl (C=O) groups excluding carboxylic acids is 12. The number of ether oxygens (including phenoxy) is 3. The number of ketones is 4. The van der Waals surface area contributed by atoms with Crippen LogP contribution in [0.4, 0.5) is 0 Å². The Bertz CT molecular complexity index is 3570. The number of likely N-dealkylation sites (tertiary alicyclic amines) is 4. The van der Waals surface area contributed by atoms with Crippen LogP contribution in [-0.2, 0) is 71.7 Å². The van der Waals surface area contributed by atoms with Gasteiger partial charge in [-0.3, -0.25) is 77.1 Å². The summed E-state index contributed by atoms with van der Waals surface area (Å²) in [5, 5.41) is 41.9. The van der Waals surface area contributed by atoms with Crippen molar-refractivity contribution in [1.82, 2.24) is 19.6 Å². The predicted octanol–water partition coefficient (Wildman–Crippen LogP) is 2.29. The number of aliphatic hydroxyl groups excluding tert-OH is 4. The predicted molar refractivity (Wildman–Crippen MR) is 318 cm³/mol. The lowest BCUT2D eigenvalue weighted by molar-refractivity contribution is -0.145. The van der Waals surface area contributed by atoms with E-state index in [2.05, 4.69) is 0 Å². The molecule has 24 atom stereocenters. The minimum Gasteiger partial charge on any atom is -0.390 e. The van der Waals surface area contributed by atoms with Crippen LogP contribution in [0.2, 0.25) is 0 Å². The van der Waals surface area contributed by atoms with Gasteiger partial charge in [-0.25, -0.2) is 0 Å². The topological polar surface area (TPSA) is 336 Å². The molecule has 0 radical (unpaired) electrons. The molecule has 7 heterocycles. The maximum Gasteiger partial charge on any atom is 0.234 e. The van der Waals surface area contributed by atoms with E-state index >= 15 is 0 Å². The molecule has 23 heteroatoms. The second-order valence-corrected chi connectivity index (χ2v) is 28.7. The molecule has 4 N–H and O–H groups in total. The summed E-state index contributed by atoms with van der Waals surface area (Å²) in [6.45, 7) is 3.92. The van der Waals surface area contributed by atoms with E-state index in [0.717, 1.165) is 63.4 Å². The fourth-order valence-electron chi connectivity index (χ4n) is 19.5. The normalized spacial score (nSPS) is 42.5. The van der Waals surface area contributed by atoms with Crippen molar-refractivity contribution in [2.24, 2.45) is 76.9 Å². The Balaban J connectivity index is 0.000000103. The van der Waals surface area contributed by atoms with Crippen LogP contribution in [0.3, 0.4) is 0 Å². The van der Waals surface area contributed by atoms with Crippen molar-refractivity contribution in [3.63, 3.8) is 0 Å². The average Bonchev–Trinajstić information content (AvgIpc) is 1.58. The van der Waals surface area contributed by atoms with Crippen LogP contribution in [0, 0.1) is 76.9 Å². The summed E-state index contributed by atoms with van der Waals surface area (Å²) < 4.78 is 15.8. The molecule has 0 spiro atoms. The maximum atomic E-state index is 13.2. The van der Waals surface area contributed by atoms with Gasteiger partial charge in [-0.1, -0.05) is 93.2 Å². The van der Waals surface area contributed by atoms with Gasteiger partial charge in [-0.15, -0.1) is 0 Å². The summed E-state index contributed by atoms with van der Waals surface area (Å²) in [6.07, 6.45) is 13.9.